The number of nitrogen functional groups attached to an aromatic ring is 2. The van der Waals surface area contributed by atoms with Crippen LogP contribution in [0.15, 0.2) is 52.3 Å². The number of hydrogen-bond donors (Lipinski definition) is 2. The summed E-state index contributed by atoms with van der Waals surface area (Å²) >= 11 is 9.53. The highest BCUT2D eigenvalue weighted by molar-refractivity contribution is 8.00. The maximum atomic E-state index is 9.45. The lowest BCUT2D eigenvalue weighted by molar-refractivity contribution is 0.441. The number of ether oxygens (including phenoxy) is 1. The third-order valence-electron chi connectivity index (χ3n) is 4.42. The SMILES string of the molecule is CSc1ccc(SC2c3cc(Cl)ccc3Oc3nc(N)c(C#N)c(N)c32)cc1. The van der Waals surface area contributed by atoms with Gasteiger partial charge in [0.15, 0.2) is 0 Å². The average molecular weight is 427 g/mol. The van der Waals surface area contributed by atoms with Crippen LogP contribution in [-0.4, -0.2) is 11.2 Å². The molecule has 1 aliphatic heterocycles. The van der Waals surface area contributed by atoms with Gasteiger partial charge in [0.1, 0.15) is 23.2 Å². The molecule has 0 aliphatic carbocycles. The standard InChI is InChI=1S/C20H15ClN4OS2/c1-27-11-3-5-12(6-4-11)28-18-13-8-10(21)2-7-15(13)26-20-16(18)17(23)14(9-22)19(24)25-20/h2-8,18H,1H3,(H4,23,24,25). The van der Waals surface area contributed by atoms with Gasteiger partial charge in [0.05, 0.1) is 16.5 Å². The van der Waals surface area contributed by atoms with Crippen LogP contribution < -0.4 is 16.2 Å². The number of halogens is 1. The summed E-state index contributed by atoms with van der Waals surface area (Å²) in [5.41, 5.74) is 14.2. The molecule has 0 saturated heterocycles. The van der Waals surface area contributed by atoms with E-state index in [4.69, 9.17) is 27.8 Å². The molecular formula is C20H15ClN4OS2. The molecule has 8 heteroatoms. The molecule has 28 heavy (non-hydrogen) atoms. The van der Waals surface area contributed by atoms with Crippen molar-refractivity contribution in [2.45, 2.75) is 15.0 Å². The van der Waals surface area contributed by atoms with Gasteiger partial charge in [-0.15, -0.1) is 23.5 Å². The van der Waals surface area contributed by atoms with E-state index in [-0.39, 0.29) is 22.3 Å². The molecule has 0 amide bonds. The van der Waals surface area contributed by atoms with Gasteiger partial charge in [0, 0.05) is 20.4 Å². The second kappa shape index (κ2) is 7.47. The molecule has 4 rings (SSSR count). The van der Waals surface area contributed by atoms with Gasteiger partial charge in [0.2, 0.25) is 5.88 Å². The molecule has 0 spiro atoms. The van der Waals surface area contributed by atoms with E-state index in [0.29, 0.717) is 22.2 Å². The maximum absolute atomic E-state index is 9.45. The first-order valence-electron chi connectivity index (χ1n) is 8.28. The molecule has 0 bridgehead atoms. The average Bonchev–Trinajstić information content (AvgIpc) is 2.69. The number of benzene rings is 2. The van der Waals surface area contributed by atoms with Crippen molar-refractivity contribution in [3.8, 4) is 17.7 Å². The quantitative estimate of drug-likeness (QED) is 0.535. The van der Waals surface area contributed by atoms with Crippen LogP contribution in [0.3, 0.4) is 0 Å². The van der Waals surface area contributed by atoms with Crippen LogP contribution in [-0.2, 0) is 0 Å². The Kier molecular flexibility index (Phi) is 5.02. The van der Waals surface area contributed by atoms with Crippen LogP contribution in [0.5, 0.6) is 11.6 Å². The Morgan fingerprint density at radius 1 is 1.14 bits per heavy atom. The highest BCUT2D eigenvalue weighted by Gasteiger charge is 2.33. The van der Waals surface area contributed by atoms with Crippen LogP contribution in [0, 0.1) is 11.3 Å². The van der Waals surface area contributed by atoms with Crippen LogP contribution in [0.4, 0.5) is 11.5 Å². The van der Waals surface area contributed by atoms with Gasteiger partial charge < -0.3 is 16.2 Å². The number of hydrogen-bond acceptors (Lipinski definition) is 7. The third kappa shape index (κ3) is 3.24. The summed E-state index contributed by atoms with van der Waals surface area (Å²) < 4.78 is 5.94. The summed E-state index contributed by atoms with van der Waals surface area (Å²) in [4.78, 5) is 6.52. The first kappa shape index (κ1) is 18.8. The van der Waals surface area contributed by atoms with E-state index >= 15 is 0 Å². The van der Waals surface area contributed by atoms with E-state index in [2.05, 4.69) is 29.2 Å². The number of nitrogens with two attached hydrogens (primary N) is 2. The van der Waals surface area contributed by atoms with Crippen LogP contribution in [0.2, 0.25) is 5.02 Å². The fourth-order valence-electron chi connectivity index (χ4n) is 3.05. The molecule has 1 atom stereocenters. The van der Waals surface area contributed by atoms with E-state index in [0.717, 1.165) is 10.5 Å². The molecule has 4 N–H and O–H groups in total. The number of thioether (sulfide) groups is 2. The van der Waals surface area contributed by atoms with E-state index in [1.807, 2.05) is 18.4 Å². The molecule has 2 heterocycles. The second-order valence-corrected chi connectivity index (χ2v) is 8.57. The number of fused-ring (bicyclic) bond motifs is 2. The lowest BCUT2D eigenvalue weighted by atomic mass is 9.98. The lowest BCUT2D eigenvalue weighted by Crippen LogP contribution is -2.14. The Bertz CT molecular complexity index is 1110. The monoisotopic (exact) mass is 426 g/mol. The second-order valence-electron chi connectivity index (χ2n) is 6.07. The Morgan fingerprint density at radius 3 is 2.54 bits per heavy atom. The van der Waals surface area contributed by atoms with Crippen molar-refractivity contribution in [2.75, 3.05) is 17.7 Å². The highest BCUT2D eigenvalue weighted by atomic mass is 35.5. The largest absolute Gasteiger partial charge is 0.438 e. The Labute approximate surface area is 176 Å². The van der Waals surface area contributed by atoms with Crippen molar-refractivity contribution in [2.24, 2.45) is 0 Å². The van der Waals surface area contributed by atoms with Crippen molar-refractivity contribution in [3.05, 3.63) is 64.2 Å². The molecule has 0 fully saturated rings. The molecule has 5 nitrogen and oxygen atoms in total. The zero-order valence-corrected chi connectivity index (χ0v) is 17.2. The van der Waals surface area contributed by atoms with E-state index in [1.54, 1.807) is 35.7 Å². The van der Waals surface area contributed by atoms with Crippen LogP contribution >= 0.6 is 35.1 Å². The molecule has 140 valence electrons. The molecule has 1 aromatic heterocycles. The zero-order chi connectivity index (χ0) is 19.8. The molecular weight excluding hydrogens is 412 g/mol. The lowest BCUT2D eigenvalue weighted by Gasteiger charge is -2.29. The predicted molar refractivity (Wildman–Crippen MR) is 115 cm³/mol. The van der Waals surface area contributed by atoms with Crippen molar-refractivity contribution in [1.29, 1.82) is 5.26 Å². The Morgan fingerprint density at radius 2 is 1.86 bits per heavy atom. The number of aromatic nitrogens is 1. The fraction of sp³-hybridized carbons (Fsp3) is 0.100. The van der Waals surface area contributed by atoms with Gasteiger partial charge in [-0.3, -0.25) is 0 Å². The van der Waals surface area contributed by atoms with Gasteiger partial charge >= 0.3 is 0 Å². The highest BCUT2D eigenvalue weighted by Crippen LogP contribution is 2.54. The maximum Gasteiger partial charge on any atom is 0.228 e. The normalized spacial score (nSPS) is 14.5. The number of nitrogens with zero attached hydrogens (tertiary/aromatic N) is 2. The minimum atomic E-state index is -0.238. The Balaban J connectivity index is 1.88. The number of anilines is 2. The number of nitriles is 1. The van der Waals surface area contributed by atoms with Gasteiger partial charge in [-0.25, -0.2) is 0 Å². The zero-order valence-electron chi connectivity index (χ0n) is 14.8. The molecule has 3 aromatic rings. The summed E-state index contributed by atoms with van der Waals surface area (Å²) in [5, 5.41) is 9.81. The van der Waals surface area contributed by atoms with Crippen LogP contribution in [0.25, 0.3) is 0 Å². The van der Waals surface area contributed by atoms with Crippen molar-refractivity contribution in [1.82, 2.24) is 4.98 Å². The van der Waals surface area contributed by atoms with Gasteiger partial charge in [-0.05, 0) is 48.7 Å². The summed E-state index contributed by atoms with van der Waals surface area (Å²) in [6.07, 6.45) is 2.04. The first-order chi connectivity index (χ1) is 13.5. The Hall–Kier alpha value is -2.53. The topological polar surface area (TPSA) is 98.0 Å². The molecule has 0 radical (unpaired) electrons. The predicted octanol–water partition coefficient (Wildman–Crippen LogP) is 5.48. The summed E-state index contributed by atoms with van der Waals surface area (Å²) in [6, 6.07) is 15.7. The number of rotatable bonds is 3. The van der Waals surface area contributed by atoms with E-state index < -0.39 is 0 Å². The van der Waals surface area contributed by atoms with Crippen LogP contribution in [0.1, 0.15) is 21.9 Å². The smallest absolute Gasteiger partial charge is 0.228 e. The third-order valence-corrected chi connectivity index (χ3v) is 6.66. The summed E-state index contributed by atoms with van der Waals surface area (Å²) in [7, 11) is 0. The van der Waals surface area contributed by atoms with E-state index in [1.165, 1.54) is 4.90 Å². The molecule has 1 unspecified atom stereocenters. The number of pyridine rings is 1. The van der Waals surface area contributed by atoms with Crippen molar-refractivity contribution in [3.63, 3.8) is 0 Å². The van der Waals surface area contributed by atoms with Gasteiger partial charge in [-0.2, -0.15) is 10.2 Å². The first-order valence-corrected chi connectivity index (χ1v) is 10.8. The fourth-order valence-corrected chi connectivity index (χ4v) is 4.86. The van der Waals surface area contributed by atoms with Crippen molar-refractivity contribution < 1.29 is 4.74 Å². The van der Waals surface area contributed by atoms with Gasteiger partial charge in [-0.1, -0.05) is 11.6 Å². The molecule has 1 aliphatic rings. The van der Waals surface area contributed by atoms with Crippen molar-refractivity contribution >= 4 is 46.6 Å². The minimum absolute atomic E-state index is 0.0595. The summed E-state index contributed by atoms with van der Waals surface area (Å²) in [6.45, 7) is 0. The summed E-state index contributed by atoms with van der Waals surface area (Å²) in [5.74, 6) is 1.03. The molecule has 2 aromatic carbocycles. The molecule has 0 saturated carbocycles. The minimum Gasteiger partial charge on any atom is -0.438 e. The van der Waals surface area contributed by atoms with Gasteiger partial charge in [0.25, 0.3) is 0 Å². The van der Waals surface area contributed by atoms with E-state index in [9.17, 15) is 5.26 Å².